The van der Waals surface area contributed by atoms with Gasteiger partial charge in [-0.15, -0.1) is 0 Å². The summed E-state index contributed by atoms with van der Waals surface area (Å²) in [5, 5.41) is 8.91. The van der Waals surface area contributed by atoms with E-state index in [1.54, 1.807) is 6.20 Å². The first kappa shape index (κ1) is 12.7. The molecule has 0 amide bonds. The fourth-order valence-electron chi connectivity index (χ4n) is 1.85. The van der Waals surface area contributed by atoms with Gasteiger partial charge in [0.1, 0.15) is 0 Å². The van der Waals surface area contributed by atoms with Crippen molar-refractivity contribution in [2.45, 2.75) is 39.5 Å². The van der Waals surface area contributed by atoms with E-state index in [-0.39, 0.29) is 17.8 Å². The maximum absolute atomic E-state index is 10.8. The third-order valence-electron chi connectivity index (χ3n) is 2.39. The molecule has 3 nitrogen and oxygen atoms in total. The Bertz CT molecular complexity index is 341. The molecule has 0 radical (unpaired) electrons. The molecule has 1 aromatic heterocycles. The number of carboxylic acid groups (broad SMARTS) is 1. The minimum atomic E-state index is -0.764. The lowest BCUT2D eigenvalue weighted by Crippen LogP contribution is -2.16. The molecule has 3 heteroatoms. The molecule has 0 bridgehead atoms. The summed E-state index contributed by atoms with van der Waals surface area (Å²) in [5.74, 6) is -0.765. The smallest absolute Gasteiger partial charge is 0.304 e. The number of carbonyl (C=O) groups is 1. The molecule has 1 aromatic rings. The Morgan fingerprint density at radius 1 is 1.44 bits per heavy atom. The molecule has 88 valence electrons. The third-order valence-corrected chi connectivity index (χ3v) is 2.39. The van der Waals surface area contributed by atoms with E-state index < -0.39 is 5.97 Å². The quantitative estimate of drug-likeness (QED) is 0.850. The number of aromatic nitrogens is 1. The van der Waals surface area contributed by atoms with E-state index in [1.807, 2.05) is 18.2 Å². The van der Waals surface area contributed by atoms with Crippen LogP contribution in [-0.2, 0) is 4.79 Å². The van der Waals surface area contributed by atoms with Gasteiger partial charge < -0.3 is 5.11 Å². The maximum atomic E-state index is 10.8. The number of aliphatic carboxylic acids is 1. The zero-order valence-corrected chi connectivity index (χ0v) is 10.1. The normalized spacial score (nSPS) is 13.4. The van der Waals surface area contributed by atoms with Crippen molar-refractivity contribution in [3.8, 4) is 0 Å². The van der Waals surface area contributed by atoms with Crippen molar-refractivity contribution in [1.29, 1.82) is 0 Å². The molecule has 1 rings (SSSR count). The number of carboxylic acids is 1. The Morgan fingerprint density at radius 2 is 2.12 bits per heavy atom. The van der Waals surface area contributed by atoms with Crippen LogP contribution in [0.5, 0.6) is 0 Å². The van der Waals surface area contributed by atoms with Crippen LogP contribution >= 0.6 is 0 Å². The van der Waals surface area contributed by atoms with Crippen molar-refractivity contribution in [2.75, 3.05) is 0 Å². The molecule has 0 fully saturated rings. The van der Waals surface area contributed by atoms with Gasteiger partial charge in [-0.2, -0.15) is 0 Å². The Morgan fingerprint density at radius 3 is 2.56 bits per heavy atom. The van der Waals surface area contributed by atoms with E-state index >= 15 is 0 Å². The molecule has 1 N–H and O–H groups in total. The van der Waals surface area contributed by atoms with Crippen LogP contribution in [0.4, 0.5) is 0 Å². The van der Waals surface area contributed by atoms with Gasteiger partial charge in [-0.3, -0.25) is 9.78 Å². The Labute approximate surface area is 96.5 Å². The lowest BCUT2D eigenvalue weighted by Gasteiger charge is -2.24. The van der Waals surface area contributed by atoms with E-state index in [0.717, 1.165) is 12.1 Å². The summed E-state index contributed by atoms with van der Waals surface area (Å²) in [6.45, 7) is 6.35. The summed E-state index contributed by atoms with van der Waals surface area (Å²) in [6.07, 6.45) is 2.69. The average molecular weight is 221 g/mol. The highest BCUT2D eigenvalue weighted by atomic mass is 16.4. The van der Waals surface area contributed by atoms with Crippen LogP contribution in [0.2, 0.25) is 0 Å². The van der Waals surface area contributed by atoms with Gasteiger partial charge in [0.25, 0.3) is 0 Å². The van der Waals surface area contributed by atoms with Gasteiger partial charge in [0.2, 0.25) is 0 Å². The topological polar surface area (TPSA) is 50.2 Å². The highest BCUT2D eigenvalue weighted by molar-refractivity contribution is 5.67. The molecule has 0 spiro atoms. The summed E-state index contributed by atoms with van der Waals surface area (Å²) in [4.78, 5) is 15.1. The molecule has 0 aliphatic rings. The van der Waals surface area contributed by atoms with E-state index in [1.165, 1.54) is 0 Å². The second-order valence-corrected chi connectivity index (χ2v) is 5.31. The Kier molecular flexibility index (Phi) is 4.05. The molecule has 0 aromatic carbocycles. The van der Waals surface area contributed by atoms with Crippen molar-refractivity contribution in [3.63, 3.8) is 0 Å². The van der Waals surface area contributed by atoms with Gasteiger partial charge >= 0.3 is 5.97 Å². The predicted octanol–water partition coefficient (Wildman–Crippen LogP) is 3.08. The van der Waals surface area contributed by atoms with Crippen LogP contribution in [-0.4, -0.2) is 16.1 Å². The Balaban J connectivity index is 2.84. The largest absolute Gasteiger partial charge is 0.481 e. The molecule has 0 aliphatic carbocycles. The summed E-state index contributed by atoms with van der Waals surface area (Å²) < 4.78 is 0. The van der Waals surface area contributed by atoms with Crippen molar-refractivity contribution < 1.29 is 9.90 Å². The number of nitrogens with zero attached hydrogens (tertiary/aromatic N) is 1. The molecule has 0 saturated carbocycles. The molecule has 1 atom stereocenters. The standard InChI is InChI=1S/C13H19NO2/c1-13(2,3)9-10(8-12(15)16)11-6-4-5-7-14-11/h4-7,10H,8-9H2,1-3H3,(H,15,16). The molecular weight excluding hydrogens is 202 g/mol. The van der Waals surface area contributed by atoms with Crippen LogP contribution < -0.4 is 0 Å². The molecule has 1 heterocycles. The van der Waals surface area contributed by atoms with E-state index in [9.17, 15) is 4.79 Å². The second kappa shape index (κ2) is 5.10. The van der Waals surface area contributed by atoms with Crippen LogP contribution in [0.3, 0.4) is 0 Å². The van der Waals surface area contributed by atoms with Crippen molar-refractivity contribution in [1.82, 2.24) is 4.98 Å². The van der Waals surface area contributed by atoms with E-state index in [4.69, 9.17) is 5.11 Å². The van der Waals surface area contributed by atoms with Crippen LogP contribution in [0, 0.1) is 5.41 Å². The van der Waals surface area contributed by atoms with Crippen molar-refractivity contribution >= 4 is 5.97 Å². The lowest BCUT2D eigenvalue weighted by atomic mass is 9.81. The summed E-state index contributed by atoms with van der Waals surface area (Å²) in [7, 11) is 0. The monoisotopic (exact) mass is 221 g/mol. The van der Waals surface area contributed by atoms with Gasteiger partial charge in [-0.1, -0.05) is 26.8 Å². The van der Waals surface area contributed by atoms with Gasteiger partial charge in [0.15, 0.2) is 0 Å². The van der Waals surface area contributed by atoms with Gasteiger partial charge in [0, 0.05) is 17.8 Å². The zero-order valence-electron chi connectivity index (χ0n) is 10.1. The number of pyridine rings is 1. The van der Waals surface area contributed by atoms with Crippen molar-refractivity contribution in [2.24, 2.45) is 5.41 Å². The molecule has 16 heavy (non-hydrogen) atoms. The van der Waals surface area contributed by atoms with Gasteiger partial charge in [-0.05, 0) is 24.0 Å². The molecule has 0 aliphatic heterocycles. The lowest BCUT2D eigenvalue weighted by molar-refractivity contribution is -0.137. The Hall–Kier alpha value is -1.38. The third kappa shape index (κ3) is 4.43. The molecule has 1 unspecified atom stereocenters. The first-order valence-corrected chi connectivity index (χ1v) is 5.51. The first-order valence-electron chi connectivity index (χ1n) is 5.51. The zero-order chi connectivity index (χ0) is 12.2. The summed E-state index contributed by atoms with van der Waals surface area (Å²) >= 11 is 0. The minimum absolute atomic E-state index is 0.00120. The van der Waals surface area contributed by atoms with Crippen LogP contribution in [0.25, 0.3) is 0 Å². The summed E-state index contributed by atoms with van der Waals surface area (Å²) in [6, 6.07) is 5.65. The summed E-state index contributed by atoms with van der Waals surface area (Å²) in [5.41, 5.74) is 0.984. The fourth-order valence-corrected chi connectivity index (χ4v) is 1.85. The highest BCUT2D eigenvalue weighted by Crippen LogP contribution is 2.32. The van der Waals surface area contributed by atoms with Crippen LogP contribution in [0.1, 0.15) is 45.2 Å². The molecular formula is C13H19NO2. The SMILES string of the molecule is CC(C)(C)CC(CC(=O)O)c1ccccn1. The van der Waals surface area contributed by atoms with Crippen molar-refractivity contribution in [3.05, 3.63) is 30.1 Å². The van der Waals surface area contributed by atoms with E-state index in [2.05, 4.69) is 25.8 Å². The fraction of sp³-hybridized carbons (Fsp3) is 0.538. The maximum Gasteiger partial charge on any atom is 0.304 e. The minimum Gasteiger partial charge on any atom is -0.481 e. The highest BCUT2D eigenvalue weighted by Gasteiger charge is 2.23. The van der Waals surface area contributed by atoms with Gasteiger partial charge in [-0.25, -0.2) is 0 Å². The average Bonchev–Trinajstić information content (AvgIpc) is 2.15. The number of hydrogen-bond donors (Lipinski definition) is 1. The predicted molar refractivity (Wildman–Crippen MR) is 63.3 cm³/mol. The number of hydrogen-bond acceptors (Lipinski definition) is 2. The van der Waals surface area contributed by atoms with E-state index in [0.29, 0.717) is 0 Å². The second-order valence-electron chi connectivity index (χ2n) is 5.31. The first-order chi connectivity index (χ1) is 7.38. The molecule has 0 saturated heterocycles. The van der Waals surface area contributed by atoms with Crippen LogP contribution in [0.15, 0.2) is 24.4 Å². The number of rotatable bonds is 4. The van der Waals surface area contributed by atoms with Gasteiger partial charge in [0.05, 0.1) is 6.42 Å².